The molecule has 0 spiro atoms. The minimum atomic E-state index is -0.449. The molecule has 27 heavy (non-hydrogen) atoms. The number of aromatic nitrogens is 1. The molecule has 0 amide bonds. The van der Waals surface area contributed by atoms with Crippen molar-refractivity contribution in [3.63, 3.8) is 0 Å². The Labute approximate surface area is 157 Å². The van der Waals surface area contributed by atoms with Gasteiger partial charge in [-0.15, -0.1) is 0 Å². The van der Waals surface area contributed by atoms with Gasteiger partial charge in [0.1, 0.15) is 5.76 Å². The third-order valence-corrected chi connectivity index (χ3v) is 4.43. The first-order valence-electron chi connectivity index (χ1n) is 8.87. The number of nitro groups is 1. The van der Waals surface area contributed by atoms with Crippen LogP contribution >= 0.6 is 0 Å². The Hall–Kier alpha value is -3.09. The van der Waals surface area contributed by atoms with Crippen molar-refractivity contribution >= 4 is 16.6 Å². The molecule has 142 valence electrons. The molecule has 7 nitrogen and oxygen atoms in total. The Bertz CT molecular complexity index is 922. The van der Waals surface area contributed by atoms with E-state index in [4.69, 9.17) is 13.9 Å². The van der Waals surface area contributed by atoms with E-state index < -0.39 is 4.92 Å². The van der Waals surface area contributed by atoms with E-state index in [1.54, 1.807) is 12.5 Å². The van der Waals surface area contributed by atoms with Crippen LogP contribution < -0.4 is 9.47 Å². The lowest BCUT2D eigenvalue weighted by molar-refractivity contribution is -0.383. The zero-order chi connectivity index (χ0) is 19.2. The molecule has 0 saturated carbocycles. The fourth-order valence-corrected chi connectivity index (χ4v) is 3.06. The van der Waals surface area contributed by atoms with Gasteiger partial charge in [0.15, 0.2) is 17.0 Å². The molecule has 0 aliphatic rings. The lowest BCUT2D eigenvalue weighted by Crippen LogP contribution is -2.03. The number of aryl methyl sites for hydroxylation is 2. The molecule has 0 aliphatic heterocycles. The van der Waals surface area contributed by atoms with Crippen LogP contribution in [0.15, 0.2) is 41.1 Å². The number of hydrogen-bond acceptors (Lipinski definition) is 6. The van der Waals surface area contributed by atoms with Crippen LogP contribution in [0.4, 0.5) is 5.69 Å². The van der Waals surface area contributed by atoms with Gasteiger partial charge < -0.3 is 13.9 Å². The summed E-state index contributed by atoms with van der Waals surface area (Å²) in [5, 5.41) is 12.0. The molecule has 2 aromatic heterocycles. The summed E-state index contributed by atoms with van der Waals surface area (Å²) in [6.45, 7) is 2.37. The minimum Gasteiger partial charge on any atom is -0.493 e. The van der Waals surface area contributed by atoms with Crippen LogP contribution in [-0.4, -0.2) is 23.6 Å². The molecule has 2 heterocycles. The number of furan rings is 1. The van der Waals surface area contributed by atoms with Gasteiger partial charge in [-0.25, -0.2) is 4.98 Å². The monoisotopic (exact) mass is 370 g/mol. The maximum absolute atomic E-state index is 11.4. The normalized spacial score (nSPS) is 10.9. The summed E-state index contributed by atoms with van der Waals surface area (Å²) in [6.07, 6.45) is 7.01. The van der Waals surface area contributed by atoms with E-state index in [1.165, 1.54) is 13.2 Å². The number of ether oxygens (including phenoxy) is 2. The van der Waals surface area contributed by atoms with Crippen molar-refractivity contribution in [3.05, 3.63) is 58.2 Å². The van der Waals surface area contributed by atoms with E-state index in [9.17, 15) is 10.1 Å². The van der Waals surface area contributed by atoms with Crippen molar-refractivity contribution in [1.82, 2.24) is 4.98 Å². The molecule has 0 aliphatic carbocycles. The number of methoxy groups -OCH3 is 1. The molecule has 0 radical (unpaired) electrons. The highest BCUT2D eigenvalue weighted by Crippen LogP contribution is 2.41. The number of rotatable bonds is 9. The summed E-state index contributed by atoms with van der Waals surface area (Å²) in [6, 6.07) is 7.05. The molecule has 7 heteroatoms. The van der Waals surface area contributed by atoms with Crippen LogP contribution in [0.3, 0.4) is 0 Å². The van der Waals surface area contributed by atoms with Crippen molar-refractivity contribution in [2.24, 2.45) is 0 Å². The molecule has 0 saturated heterocycles. The molecule has 3 aromatic rings. The summed E-state index contributed by atoms with van der Waals surface area (Å²) in [4.78, 5) is 15.1. The van der Waals surface area contributed by atoms with Crippen molar-refractivity contribution in [2.75, 3.05) is 13.7 Å². The highest BCUT2D eigenvalue weighted by atomic mass is 16.6. The average molecular weight is 370 g/mol. The van der Waals surface area contributed by atoms with Gasteiger partial charge in [0.2, 0.25) is 0 Å². The number of hydrogen-bond donors (Lipinski definition) is 0. The van der Waals surface area contributed by atoms with E-state index in [1.807, 2.05) is 25.1 Å². The Kier molecular flexibility index (Phi) is 5.90. The van der Waals surface area contributed by atoms with Gasteiger partial charge in [0.25, 0.3) is 5.69 Å². The smallest absolute Gasteiger partial charge is 0.299 e. The van der Waals surface area contributed by atoms with Crippen LogP contribution in [0.5, 0.6) is 11.5 Å². The summed E-state index contributed by atoms with van der Waals surface area (Å²) < 4.78 is 16.7. The number of nitro benzene ring substituents is 1. The SMILES string of the molecule is COc1cc([N+](=O)[O-])c2nccc(C)c2c1OCCCCCc1ccco1. The van der Waals surface area contributed by atoms with Crippen LogP contribution in [0.25, 0.3) is 10.9 Å². The van der Waals surface area contributed by atoms with Gasteiger partial charge in [-0.05, 0) is 49.9 Å². The first-order chi connectivity index (χ1) is 13.1. The second-order valence-corrected chi connectivity index (χ2v) is 6.27. The molecule has 0 N–H and O–H groups in total. The maximum Gasteiger partial charge on any atom is 0.299 e. The van der Waals surface area contributed by atoms with E-state index in [2.05, 4.69) is 4.98 Å². The maximum atomic E-state index is 11.4. The molecule has 3 rings (SSSR count). The Balaban J connectivity index is 1.73. The molecule has 1 aromatic carbocycles. The van der Waals surface area contributed by atoms with E-state index in [-0.39, 0.29) is 5.69 Å². The first-order valence-corrected chi connectivity index (χ1v) is 8.87. The van der Waals surface area contributed by atoms with E-state index in [0.717, 1.165) is 37.0 Å². The highest BCUT2D eigenvalue weighted by molar-refractivity contribution is 5.96. The zero-order valence-corrected chi connectivity index (χ0v) is 15.4. The molecule has 0 bridgehead atoms. The van der Waals surface area contributed by atoms with E-state index >= 15 is 0 Å². The predicted octanol–water partition coefficient (Wildman–Crippen LogP) is 4.84. The second-order valence-electron chi connectivity index (χ2n) is 6.27. The number of nitrogens with zero attached hydrogens (tertiary/aromatic N) is 2. The first kappa shape index (κ1) is 18.7. The van der Waals surface area contributed by atoms with Gasteiger partial charge in [-0.3, -0.25) is 10.1 Å². The molecular formula is C20H22N2O5. The van der Waals surface area contributed by atoms with Gasteiger partial charge in [0.05, 0.1) is 36.4 Å². The topological polar surface area (TPSA) is 87.6 Å². The third-order valence-electron chi connectivity index (χ3n) is 4.43. The van der Waals surface area contributed by atoms with Crippen molar-refractivity contribution in [1.29, 1.82) is 0 Å². The molecule has 0 fully saturated rings. The van der Waals surface area contributed by atoms with Crippen LogP contribution in [0.2, 0.25) is 0 Å². The van der Waals surface area contributed by atoms with Gasteiger partial charge in [-0.1, -0.05) is 0 Å². The second kappa shape index (κ2) is 8.53. The van der Waals surface area contributed by atoms with E-state index in [0.29, 0.717) is 29.0 Å². The number of fused-ring (bicyclic) bond motifs is 1. The molecular weight excluding hydrogens is 348 g/mol. The van der Waals surface area contributed by atoms with Gasteiger partial charge in [-0.2, -0.15) is 0 Å². The van der Waals surface area contributed by atoms with Crippen LogP contribution in [0.1, 0.15) is 30.6 Å². The highest BCUT2D eigenvalue weighted by Gasteiger charge is 2.23. The van der Waals surface area contributed by atoms with Gasteiger partial charge in [0, 0.05) is 12.6 Å². The summed E-state index contributed by atoms with van der Waals surface area (Å²) in [7, 11) is 1.48. The van der Waals surface area contributed by atoms with Crippen molar-refractivity contribution in [2.45, 2.75) is 32.6 Å². The Morgan fingerprint density at radius 1 is 1.26 bits per heavy atom. The van der Waals surface area contributed by atoms with Crippen LogP contribution in [-0.2, 0) is 6.42 Å². The Morgan fingerprint density at radius 2 is 2.11 bits per heavy atom. The summed E-state index contributed by atoms with van der Waals surface area (Å²) in [5.41, 5.74) is 1.08. The molecule has 0 unspecified atom stereocenters. The Morgan fingerprint density at radius 3 is 2.81 bits per heavy atom. The summed E-state index contributed by atoms with van der Waals surface area (Å²) in [5.74, 6) is 1.84. The predicted molar refractivity (Wildman–Crippen MR) is 101 cm³/mol. The standard InChI is InChI=1S/C20H22N2O5/c1-14-9-10-21-19-16(22(23)24)13-17(25-2)20(18(14)19)27-11-5-3-4-7-15-8-6-12-26-15/h6,8-10,12-13H,3-5,7,11H2,1-2H3. The fraction of sp³-hybridized carbons (Fsp3) is 0.350. The lowest BCUT2D eigenvalue weighted by atomic mass is 10.1. The fourth-order valence-electron chi connectivity index (χ4n) is 3.06. The zero-order valence-electron chi connectivity index (χ0n) is 15.4. The molecule has 0 atom stereocenters. The number of pyridine rings is 1. The van der Waals surface area contributed by atoms with Gasteiger partial charge >= 0.3 is 0 Å². The largest absolute Gasteiger partial charge is 0.493 e. The van der Waals surface area contributed by atoms with Crippen LogP contribution in [0, 0.1) is 17.0 Å². The number of unbranched alkanes of at least 4 members (excludes halogenated alkanes) is 2. The van der Waals surface area contributed by atoms with Crippen molar-refractivity contribution < 1.29 is 18.8 Å². The quantitative estimate of drug-likeness (QED) is 0.304. The number of benzene rings is 1. The minimum absolute atomic E-state index is 0.0867. The third kappa shape index (κ3) is 4.19. The lowest BCUT2D eigenvalue weighted by Gasteiger charge is -2.15. The average Bonchev–Trinajstić information content (AvgIpc) is 3.17. The van der Waals surface area contributed by atoms with Crippen molar-refractivity contribution in [3.8, 4) is 11.5 Å². The number of non-ortho nitro benzene ring substituents is 1. The summed E-state index contributed by atoms with van der Waals surface area (Å²) >= 11 is 0.